The molecule has 1 amide bonds. The molecule has 3 unspecified atom stereocenters. The molecule has 3 N–H and O–H groups in total. The number of carbonyl (C=O) groups excluding carboxylic acids is 1. The molecule has 0 saturated carbocycles. The van der Waals surface area contributed by atoms with Crippen LogP contribution in [0.2, 0.25) is 0 Å². The molecule has 23 heavy (non-hydrogen) atoms. The minimum atomic E-state index is -0.459. The van der Waals surface area contributed by atoms with Gasteiger partial charge in [-0.2, -0.15) is 4.89 Å². The number of rotatable bonds is 7. The van der Waals surface area contributed by atoms with E-state index in [2.05, 4.69) is 10.6 Å². The van der Waals surface area contributed by atoms with Crippen molar-refractivity contribution in [3.63, 3.8) is 0 Å². The van der Waals surface area contributed by atoms with Crippen LogP contribution in [-0.2, 0) is 19.3 Å². The molecule has 1 saturated heterocycles. The van der Waals surface area contributed by atoms with E-state index in [1.807, 2.05) is 0 Å². The highest BCUT2D eigenvalue weighted by atomic mass is 17.2. The first-order valence-corrected chi connectivity index (χ1v) is 8.05. The summed E-state index contributed by atoms with van der Waals surface area (Å²) in [5.74, 6) is -0.149. The molecule has 3 atom stereocenters. The molecule has 0 aliphatic carbocycles. The van der Waals surface area contributed by atoms with E-state index in [1.165, 1.54) is 6.26 Å². The summed E-state index contributed by atoms with van der Waals surface area (Å²) in [6, 6.07) is -0.0937. The van der Waals surface area contributed by atoms with Crippen LogP contribution in [0.1, 0.15) is 19.3 Å². The van der Waals surface area contributed by atoms with E-state index in [0.717, 1.165) is 25.8 Å². The Bertz CT molecular complexity index is 438. The maximum Gasteiger partial charge on any atom is 0.249 e. The molecule has 7 heteroatoms. The molecular formula is C16H26N2O5. The third kappa shape index (κ3) is 5.62. The van der Waals surface area contributed by atoms with Gasteiger partial charge in [-0.1, -0.05) is 0 Å². The maximum absolute atomic E-state index is 12.5. The summed E-state index contributed by atoms with van der Waals surface area (Å²) in [5, 5.41) is 16.5. The van der Waals surface area contributed by atoms with Gasteiger partial charge in [-0.15, -0.1) is 0 Å². The number of hydrogen-bond donors (Lipinski definition) is 3. The zero-order valence-corrected chi connectivity index (χ0v) is 13.5. The Labute approximate surface area is 136 Å². The van der Waals surface area contributed by atoms with Crippen molar-refractivity contribution in [3.05, 3.63) is 24.0 Å². The molecule has 0 aromatic carbocycles. The van der Waals surface area contributed by atoms with Crippen LogP contribution in [0.3, 0.4) is 0 Å². The van der Waals surface area contributed by atoms with Crippen LogP contribution < -0.4 is 10.6 Å². The van der Waals surface area contributed by atoms with Gasteiger partial charge in [0.25, 0.3) is 0 Å². The van der Waals surface area contributed by atoms with E-state index in [0.29, 0.717) is 18.7 Å². The third-order valence-corrected chi connectivity index (χ3v) is 4.20. The molecule has 2 rings (SSSR count). The number of aliphatic hydroxyl groups is 1. The van der Waals surface area contributed by atoms with Crippen LogP contribution in [0.5, 0.6) is 0 Å². The van der Waals surface area contributed by atoms with Crippen molar-refractivity contribution < 1.29 is 24.4 Å². The molecule has 0 bridgehead atoms. The lowest BCUT2D eigenvalue weighted by Gasteiger charge is -2.35. The Morgan fingerprint density at radius 3 is 3.26 bits per heavy atom. The lowest BCUT2D eigenvalue weighted by molar-refractivity contribution is -0.239. The summed E-state index contributed by atoms with van der Waals surface area (Å²) in [5.41, 5.74) is 0.499. The smallest absolute Gasteiger partial charge is 0.249 e. The summed E-state index contributed by atoms with van der Waals surface area (Å²) in [6.45, 7) is 2.14. The number of allylic oxidation sites excluding steroid dienone is 2. The summed E-state index contributed by atoms with van der Waals surface area (Å²) in [7, 11) is 1.66. The van der Waals surface area contributed by atoms with Crippen molar-refractivity contribution in [1.29, 1.82) is 0 Å². The second kappa shape index (κ2) is 9.67. The fourth-order valence-electron chi connectivity index (χ4n) is 2.95. The van der Waals surface area contributed by atoms with Crippen LogP contribution in [0.25, 0.3) is 0 Å². The lowest BCUT2D eigenvalue weighted by Crippen LogP contribution is -2.51. The number of ether oxygens (including phenoxy) is 1. The van der Waals surface area contributed by atoms with Crippen molar-refractivity contribution >= 4 is 5.91 Å². The Morgan fingerprint density at radius 2 is 2.48 bits per heavy atom. The highest BCUT2D eigenvalue weighted by Crippen LogP contribution is 2.21. The third-order valence-electron chi connectivity index (χ3n) is 4.20. The Balaban J connectivity index is 1.99. The topological polar surface area (TPSA) is 89.1 Å². The van der Waals surface area contributed by atoms with Crippen molar-refractivity contribution in [3.8, 4) is 0 Å². The zero-order chi connectivity index (χ0) is 16.5. The summed E-state index contributed by atoms with van der Waals surface area (Å²) >= 11 is 0. The number of nitrogens with one attached hydrogen (secondary N) is 2. The number of β-amino-alcohol motifs (C(OH)–C–C–N with tert-alkyl or cyclic N) is 1. The average molecular weight is 326 g/mol. The predicted molar refractivity (Wildman–Crippen MR) is 84.3 cm³/mol. The van der Waals surface area contributed by atoms with E-state index in [9.17, 15) is 9.90 Å². The van der Waals surface area contributed by atoms with Crippen LogP contribution in [-0.4, -0.2) is 56.6 Å². The minimum absolute atomic E-state index is 0.0381. The highest BCUT2D eigenvalue weighted by Gasteiger charge is 2.31. The van der Waals surface area contributed by atoms with Crippen LogP contribution >= 0.6 is 0 Å². The minimum Gasteiger partial charge on any atom is -0.391 e. The molecule has 0 aromatic heterocycles. The second-order valence-corrected chi connectivity index (χ2v) is 5.82. The summed E-state index contributed by atoms with van der Waals surface area (Å²) < 4.78 is 5.10. The van der Waals surface area contributed by atoms with Gasteiger partial charge in [-0.3, -0.25) is 4.79 Å². The van der Waals surface area contributed by atoms with E-state index in [-0.39, 0.29) is 24.5 Å². The van der Waals surface area contributed by atoms with Gasteiger partial charge < -0.3 is 25.4 Å². The number of methoxy groups -OCH3 is 1. The molecular weight excluding hydrogens is 300 g/mol. The standard InChI is InChI=1S/C16H26N2O5/c1-21-8-3-5-14(13-6-7-17-10-15(13)19)18-16(20)12-4-2-9-22-23-11-12/h2,4,9,13-15,17,19H,3,5-8,10-11H2,1H3,(H,18,20). The van der Waals surface area contributed by atoms with Gasteiger partial charge in [0, 0.05) is 37.8 Å². The van der Waals surface area contributed by atoms with Gasteiger partial charge in [-0.05, 0) is 38.0 Å². The highest BCUT2D eigenvalue weighted by molar-refractivity contribution is 5.94. The van der Waals surface area contributed by atoms with Gasteiger partial charge in [0.05, 0.1) is 6.10 Å². The van der Waals surface area contributed by atoms with Gasteiger partial charge in [-0.25, -0.2) is 0 Å². The number of piperidine rings is 1. The van der Waals surface area contributed by atoms with Crippen LogP contribution in [0.4, 0.5) is 0 Å². The zero-order valence-electron chi connectivity index (χ0n) is 13.5. The molecule has 2 aliphatic rings. The summed E-state index contributed by atoms with van der Waals surface area (Å²) in [6.07, 6.45) is 6.65. The van der Waals surface area contributed by atoms with Crippen molar-refractivity contribution in [1.82, 2.24) is 10.6 Å². The fraction of sp³-hybridized carbons (Fsp3) is 0.688. The van der Waals surface area contributed by atoms with Crippen molar-refractivity contribution in [2.75, 3.05) is 33.4 Å². The SMILES string of the molecule is COCCCC(NC(=O)C1=CC=COOC1)C1CCNCC1O. The molecule has 2 aliphatic heterocycles. The monoisotopic (exact) mass is 326 g/mol. The molecule has 0 radical (unpaired) electrons. The van der Waals surface area contributed by atoms with Crippen LogP contribution in [0.15, 0.2) is 24.0 Å². The van der Waals surface area contributed by atoms with Crippen molar-refractivity contribution in [2.45, 2.75) is 31.4 Å². The predicted octanol–water partition coefficient (Wildman–Crippen LogP) is 0.270. The Morgan fingerprint density at radius 1 is 1.61 bits per heavy atom. The number of amides is 1. The Kier molecular flexibility index (Phi) is 7.54. The largest absolute Gasteiger partial charge is 0.391 e. The number of aliphatic hydroxyl groups excluding tert-OH is 1. The first-order valence-electron chi connectivity index (χ1n) is 8.05. The average Bonchev–Trinajstić information content (AvgIpc) is 2.84. The molecule has 0 spiro atoms. The first-order chi connectivity index (χ1) is 11.2. The Hall–Kier alpha value is -1.41. The maximum atomic E-state index is 12.5. The number of carbonyl (C=O) groups is 1. The quantitative estimate of drug-likeness (QED) is 0.460. The van der Waals surface area contributed by atoms with Gasteiger partial charge in [0.1, 0.15) is 12.9 Å². The molecule has 7 nitrogen and oxygen atoms in total. The van der Waals surface area contributed by atoms with E-state index < -0.39 is 6.10 Å². The second-order valence-electron chi connectivity index (χ2n) is 5.82. The summed E-state index contributed by atoms with van der Waals surface area (Å²) in [4.78, 5) is 22.1. The molecule has 0 aromatic rings. The van der Waals surface area contributed by atoms with E-state index in [1.54, 1.807) is 19.3 Å². The van der Waals surface area contributed by atoms with E-state index >= 15 is 0 Å². The van der Waals surface area contributed by atoms with Gasteiger partial charge in [0.2, 0.25) is 5.91 Å². The normalized spacial score (nSPS) is 25.9. The molecule has 1 fully saturated rings. The first kappa shape index (κ1) is 17.9. The lowest BCUT2D eigenvalue weighted by atomic mass is 9.85. The fourth-order valence-corrected chi connectivity index (χ4v) is 2.95. The van der Waals surface area contributed by atoms with Gasteiger partial charge in [0.15, 0.2) is 0 Å². The molecule has 2 heterocycles. The van der Waals surface area contributed by atoms with Crippen LogP contribution in [0, 0.1) is 5.92 Å². The van der Waals surface area contributed by atoms with Gasteiger partial charge >= 0.3 is 0 Å². The van der Waals surface area contributed by atoms with Crippen molar-refractivity contribution in [2.24, 2.45) is 5.92 Å². The molecule has 130 valence electrons. The number of hydrogen-bond acceptors (Lipinski definition) is 6. The van der Waals surface area contributed by atoms with E-state index in [4.69, 9.17) is 14.5 Å².